The molecule has 0 N–H and O–H groups in total. The number of unbranched alkanes of at least 4 members (excludes halogenated alkanes) is 1. The Morgan fingerprint density at radius 3 is 2.30 bits per heavy atom. The first-order valence-corrected chi connectivity index (χ1v) is 4.16. The third-order valence-electron chi connectivity index (χ3n) is 1.61. The van der Waals surface area contributed by atoms with Gasteiger partial charge in [0.05, 0.1) is 6.10 Å². The molecule has 0 aromatic heterocycles. The Kier molecular flexibility index (Phi) is 7.04. The van der Waals surface area contributed by atoms with Gasteiger partial charge >= 0.3 is 0 Å². The molecular formula is C9H18O. The number of rotatable bonds is 6. The molecule has 0 aliphatic heterocycles. The van der Waals surface area contributed by atoms with Crippen LogP contribution in [0.25, 0.3) is 0 Å². The highest BCUT2D eigenvalue weighted by atomic mass is 16.5. The van der Waals surface area contributed by atoms with Gasteiger partial charge in [-0.1, -0.05) is 13.8 Å². The van der Waals surface area contributed by atoms with Gasteiger partial charge in [0.1, 0.15) is 0 Å². The summed E-state index contributed by atoms with van der Waals surface area (Å²) in [4.78, 5) is 0. The Hall–Kier alpha value is -0.0400. The summed E-state index contributed by atoms with van der Waals surface area (Å²) in [5, 5.41) is 0. The van der Waals surface area contributed by atoms with Gasteiger partial charge in [-0.2, -0.15) is 0 Å². The van der Waals surface area contributed by atoms with Gasteiger partial charge in [-0.25, -0.2) is 0 Å². The van der Waals surface area contributed by atoms with Crippen LogP contribution in [0.1, 0.15) is 39.5 Å². The summed E-state index contributed by atoms with van der Waals surface area (Å²) in [7, 11) is 0. The molecule has 1 nitrogen and oxygen atoms in total. The summed E-state index contributed by atoms with van der Waals surface area (Å²) in [5.74, 6) is 0. The summed E-state index contributed by atoms with van der Waals surface area (Å²) in [6.45, 7) is 10.4. The van der Waals surface area contributed by atoms with E-state index in [-0.39, 0.29) is 0 Å². The van der Waals surface area contributed by atoms with Crippen molar-refractivity contribution < 1.29 is 4.74 Å². The minimum absolute atomic E-state index is 0.451. The number of ether oxygens (including phenoxy) is 1. The lowest BCUT2D eigenvalue weighted by Crippen LogP contribution is -2.10. The molecule has 0 bridgehead atoms. The second-order valence-corrected chi connectivity index (χ2v) is 2.45. The minimum Gasteiger partial charge on any atom is -0.378 e. The first-order valence-electron chi connectivity index (χ1n) is 4.16. The first kappa shape index (κ1) is 9.96. The van der Waals surface area contributed by atoms with E-state index >= 15 is 0 Å². The quantitative estimate of drug-likeness (QED) is 0.518. The van der Waals surface area contributed by atoms with Crippen LogP contribution in [0.4, 0.5) is 0 Å². The van der Waals surface area contributed by atoms with Gasteiger partial charge in [-0.3, -0.25) is 0 Å². The SMILES string of the molecule is [CH]CCCOC(CC)CC. The zero-order chi connectivity index (χ0) is 7.82. The van der Waals surface area contributed by atoms with Crippen molar-refractivity contribution in [3.8, 4) is 0 Å². The highest BCUT2D eigenvalue weighted by molar-refractivity contribution is 4.51. The molecule has 0 heterocycles. The van der Waals surface area contributed by atoms with Crippen molar-refractivity contribution in [1.82, 2.24) is 0 Å². The molecule has 0 amide bonds. The van der Waals surface area contributed by atoms with Crippen LogP contribution in [-0.4, -0.2) is 12.7 Å². The monoisotopic (exact) mass is 142 g/mol. The van der Waals surface area contributed by atoms with Crippen LogP contribution >= 0.6 is 0 Å². The Labute approximate surface area is 64.8 Å². The van der Waals surface area contributed by atoms with Crippen molar-refractivity contribution in [3.05, 3.63) is 6.92 Å². The minimum atomic E-state index is 0.451. The topological polar surface area (TPSA) is 9.23 Å². The standard InChI is InChI=1S/C9H18O/c1-4-7-8-10-9(5-2)6-3/h1,9H,4-8H2,2-3H3. The van der Waals surface area contributed by atoms with E-state index < -0.39 is 0 Å². The first-order chi connectivity index (χ1) is 4.85. The molecule has 0 spiro atoms. The van der Waals surface area contributed by atoms with Crippen molar-refractivity contribution in [1.29, 1.82) is 0 Å². The third kappa shape index (κ3) is 4.80. The molecule has 1 heteroatoms. The van der Waals surface area contributed by atoms with Crippen LogP contribution in [0.5, 0.6) is 0 Å². The van der Waals surface area contributed by atoms with E-state index in [2.05, 4.69) is 13.8 Å². The maximum atomic E-state index is 5.50. The van der Waals surface area contributed by atoms with Gasteiger partial charge < -0.3 is 4.74 Å². The molecule has 0 atom stereocenters. The van der Waals surface area contributed by atoms with E-state index in [9.17, 15) is 0 Å². The molecule has 2 radical (unpaired) electrons. The maximum Gasteiger partial charge on any atom is 0.0569 e. The van der Waals surface area contributed by atoms with E-state index in [4.69, 9.17) is 11.7 Å². The van der Waals surface area contributed by atoms with E-state index in [1.165, 1.54) is 0 Å². The zero-order valence-corrected chi connectivity index (χ0v) is 7.10. The second kappa shape index (κ2) is 7.07. The molecule has 0 rings (SSSR count). The van der Waals surface area contributed by atoms with Gasteiger partial charge in [0.25, 0.3) is 0 Å². The Balaban J connectivity index is 3.09. The maximum absolute atomic E-state index is 5.50. The highest BCUT2D eigenvalue weighted by Crippen LogP contribution is 2.03. The molecule has 0 saturated heterocycles. The van der Waals surface area contributed by atoms with Crippen molar-refractivity contribution in [2.75, 3.05) is 6.61 Å². The van der Waals surface area contributed by atoms with E-state index in [1.807, 2.05) is 0 Å². The van der Waals surface area contributed by atoms with Crippen molar-refractivity contribution in [2.24, 2.45) is 0 Å². The van der Waals surface area contributed by atoms with Crippen LogP contribution < -0.4 is 0 Å². The molecule has 0 saturated carbocycles. The molecule has 0 aliphatic carbocycles. The van der Waals surface area contributed by atoms with Crippen LogP contribution in [0.15, 0.2) is 0 Å². The van der Waals surface area contributed by atoms with Gasteiger partial charge in [0, 0.05) is 6.61 Å². The predicted molar refractivity (Wildman–Crippen MR) is 43.9 cm³/mol. The summed E-state index contributed by atoms with van der Waals surface area (Å²) in [6.07, 6.45) is 4.39. The number of hydrogen-bond acceptors (Lipinski definition) is 1. The summed E-state index contributed by atoms with van der Waals surface area (Å²) in [5.41, 5.74) is 0. The fourth-order valence-electron chi connectivity index (χ4n) is 0.858. The van der Waals surface area contributed by atoms with E-state index in [1.54, 1.807) is 0 Å². The summed E-state index contributed by atoms with van der Waals surface area (Å²) < 4.78 is 5.50. The summed E-state index contributed by atoms with van der Waals surface area (Å²) >= 11 is 0. The molecular weight excluding hydrogens is 124 g/mol. The number of hydrogen-bond donors (Lipinski definition) is 0. The molecule has 0 aromatic rings. The lowest BCUT2D eigenvalue weighted by Gasteiger charge is -2.12. The summed E-state index contributed by atoms with van der Waals surface area (Å²) in [6, 6.07) is 0. The van der Waals surface area contributed by atoms with Crippen molar-refractivity contribution in [3.63, 3.8) is 0 Å². The van der Waals surface area contributed by atoms with Crippen LogP contribution in [0.3, 0.4) is 0 Å². The van der Waals surface area contributed by atoms with Crippen LogP contribution in [-0.2, 0) is 4.74 Å². The van der Waals surface area contributed by atoms with Gasteiger partial charge in [-0.15, -0.1) is 0 Å². The van der Waals surface area contributed by atoms with Crippen LogP contribution in [0, 0.1) is 6.92 Å². The van der Waals surface area contributed by atoms with Gasteiger partial charge in [-0.05, 0) is 32.6 Å². The Bertz CT molecular complexity index is 57.7. The van der Waals surface area contributed by atoms with E-state index in [0.717, 1.165) is 32.3 Å². The van der Waals surface area contributed by atoms with Crippen molar-refractivity contribution in [2.45, 2.75) is 45.6 Å². The average molecular weight is 142 g/mol. The van der Waals surface area contributed by atoms with Gasteiger partial charge in [0.15, 0.2) is 0 Å². The molecule has 0 aromatic carbocycles. The predicted octanol–water partition coefficient (Wildman–Crippen LogP) is 2.68. The highest BCUT2D eigenvalue weighted by Gasteiger charge is 2.00. The molecule has 60 valence electrons. The smallest absolute Gasteiger partial charge is 0.0569 e. The Morgan fingerprint density at radius 1 is 1.30 bits per heavy atom. The normalized spacial score (nSPS) is 10.8. The largest absolute Gasteiger partial charge is 0.378 e. The lowest BCUT2D eigenvalue weighted by molar-refractivity contribution is 0.0471. The molecule has 10 heavy (non-hydrogen) atoms. The molecule has 0 aliphatic rings. The molecule has 0 fully saturated rings. The Morgan fingerprint density at radius 2 is 1.90 bits per heavy atom. The van der Waals surface area contributed by atoms with Gasteiger partial charge in [0.2, 0.25) is 0 Å². The zero-order valence-electron chi connectivity index (χ0n) is 7.10. The molecule has 0 unspecified atom stereocenters. The fraction of sp³-hybridized carbons (Fsp3) is 0.889. The fourth-order valence-corrected chi connectivity index (χ4v) is 0.858. The van der Waals surface area contributed by atoms with Crippen LogP contribution in [0.2, 0.25) is 0 Å². The van der Waals surface area contributed by atoms with E-state index in [0.29, 0.717) is 6.10 Å². The average Bonchev–Trinajstić information content (AvgIpc) is 1.99. The second-order valence-electron chi connectivity index (χ2n) is 2.45. The third-order valence-corrected chi connectivity index (χ3v) is 1.61. The van der Waals surface area contributed by atoms with Crippen molar-refractivity contribution >= 4 is 0 Å². The lowest BCUT2D eigenvalue weighted by atomic mass is 10.2.